The summed E-state index contributed by atoms with van der Waals surface area (Å²) < 4.78 is 0. The van der Waals surface area contributed by atoms with Gasteiger partial charge in [-0.25, -0.2) is 4.99 Å². The molecule has 0 bridgehead atoms. The molecular weight excluding hydrogens is 487 g/mol. The van der Waals surface area contributed by atoms with E-state index in [1.807, 2.05) is 0 Å². The number of aliphatic imine (C=N–C) groups is 1. The number of nitrogens with one attached hydrogen (secondary N) is 2. The maximum absolute atomic E-state index is 9.74. The molecule has 0 heterocycles. The van der Waals surface area contributed by atoms with Crippen molar-refractivity contribution in [2.75, 3.05) is 13.6 Å². The van der Waals surface area contributed by atoms with Gasteiger partial charge in [0.05, 0.1) is 12.6 Å². The molecule has 0 atom stereocenters. The summed E-state index contributed by atoms with van der Waals surface area (Å²) in [5, 5.41) is 16.7. The molecular formula is C24H41IN4O. The monoisotopic (exact) mass is 528 g/mol. The molecule has 0 spiro atoms. The number of hydrogen-bond donors (Lipinski definition) is 3. The van der Waals surface area contributed by atoms with Crippen molar-refractivity contribution in [2.45, 2.75) is 96.0 Å². The van der Waals surface area contributed by atoms with Gasteiger partial charge in [0.1, 0.15) is 0 Å². The average Bonchev–Trinajstić information content (AvgIpc) is 2.75. The number of aliphatic hydroxyl groups excluding tert-OH is 1. The van der Waals surface area contributed by atoms with Crippen LogP contribution in [-0.4, -0.2) is 47.7 Å². The average molecular weight is 529 g/mol. The number of rotatable bonds is 7. The molecule has 0 amide bonds. The van der Waals surface area contributed by atoms with Gasteiger partial charge in [0.25, 0.3) is 0 Å². The number of aliphatic hydroxyl groups is 1. The molecule has 0 saturated heterocycles. The minimum atomic E-state index is -0.124. The first-order valence-corrected chi connectivity index (χ1v) is 11.7. The van der Waals surface area contributed by atoms with Crippen LogP contribution in [0.4, 0.5) is 0 Å². The lowest BCUT2D eigenvalue weighted by molar-refractivity contribution is 0.120. The van der Waals surface area contributed by atoms with E-state index in [0.717, 1.165) is 50.8 Å². The lowest BCUT2D eigenvalue weighted by Crippen LogP contribution is -2.45. The summed E-state index contributed by atoms with van der Waals surface area (Å²) >= 11 is 0. The van der Waals surface area contributed by atoms with Crippen LogP contribution in [0.3, 0.4) is 0 Å². The molecule has 1 aromatic rings. The summed E-state index contributed by atoms with van der Waals surface area (Å²) in [5.41, 5.74) is 2.70. The van der Waals surface area contributed by atoms with Gasteiger partial charge in [0.2, 0.25) is 0 Å². The quantitative estimate of drug-likeness (QED) is 0.279. The number of hydrogen-bond acceptors (Lipinski definition) is 3. The molecule has 2 aliphatic rings. The molecule has 0 radical (unpaired) electrons. The largest absolute Gasteiger partial charge is 0.393 e. The van der Waals surface area contributed by atoms with E-state index in [4.69, 9.17) is 4.99 Å². The Kier molecular flexibility index (Phi) is 11.5. The van der Waals surface area contributed by atoms with E-state index in [1.165, 1.54) is 43.2 Å². The Bertz CT molecular complexity index is 640. The summed E-state index contributed by atoms with van der Waals surface area (Å²) in [6.45, 7) is 4.66. The van der Waals surface area contributed by atoms with Crippen molar-refractivity contribution in [3.05, 3.63) is 35.4 Å². The van der Waals surface area contributed by atoms with E-state index < -0.39 is 0 Å². The zero-order valence-electron chi connectivity index (χ0n) is 18.8. The molecule has 30 heavy (non-hydrogen) atoms. The predicted octanol–water partition coefficient (Wildman–Crippen LogP) is 4.43. The number of guanidine groups is 1. The molecule has 0 aliphatic heterocycles. The maximum atomic E-state index is 9.74. The van der Waals surface area contributed by atoms with Crippen LogP contribution in [-0.2, 0) is 13.1 Å². The van der Waals surface area contributed by atoms with Crippen LogP contribution in [0.1, 0.15) is 75.8 Å². The van der Waals surface area contributed by atoms with E-state index in [9.17, 15) is 5.11 Å². The van der Waals surface area contributed by atoms with Gasteiger partial charge in [0.15, 0.2) is 5.96 Å². The lowest BCUT2D eigenvalue weighted by Gasteiger charge is -2.31. The summed E-state index contributed by atoms with van der Waals surface area (Å²) in [5.74, 6) is 0.893. The second kappa shape index (κ2) is 13.5. The third-order valence-electron chi connectivity index (χ3n) is 6.53. The highest BCUT2D eigenvalue weighted by atomic mass is 127. The normalized spacial score (nSPS) is 23.1. The molecule has 170 valence electrons. The first kappa shape index (κ1) is 25.4. The SMILES string of the molecule is CCNC(=NCc1ccccc1CN(C)C1CCCCC1)NC1CCC(O)CC1.I. The summed E-state index contributed by atoms with van der Waals surface area (Å²) in [7, 11) is 2.28. The molecule has 3 rings (SSSR count). The van der Waals surface area contributed by atoms with Gasteiger partial charge in [-0.2, -0.15) is 0 Å². The van der Waals surface area contributed by atoms with Gasteiger partial charge < -0.3 is 15.7 Å². The molecule has 6 heteroatoms. The second-order valence-corrected chi connectivity index (χ2v) is 8.82. The Morgan fingerprint density at radius 2 is 1.70 bits per heavy atom. The minimum Gasteiger partial charge on any atom is -0.393 e. The first-order chi connectivity index (χ1) is 14.2. The fourth-order valence-electron chi connectivity index (χ4n) is 4.68. The topological polar surface area (TPSA) is 59.9 Å². The fraction of sp³-hybridized carbons (Fsp3) is 0.708. The standard InChI is InChI=1S/C24H40N4O.HI/c1-3-25-24(27-21-13-15-23(29)16-14-21)26-17-19-9-7-8-10-20(19)18-28(2)22-11-5-4-6-12-22;/h7-10,21-23,29H,3-6,11-18H2,1-2H3,(H2,25,26,27);1H. The second-order valence-electron chi connectivity index (χ2n) is 8.82. The van der Waals surface area contributed by atoms with Crippen LogP contribution in [0.2, 0.25) is 0 Å². The lowest BCUT2D eigenvalue weighted by atomic mass is 9.93. The van der Waals surface area contributed by atoms with Gasteiger partial charge >= 0.3 is 0 Å². The molecule has 2 fully saturated rings. The zero-order chi connectivity index (χ0) is 20.5. The Labute approximate surface area is 200 Å². The van der Waals surface area contributed by atoms with Crippen molar-refractivity contribution < 1.29 is 5.11 Å². The summed E-state index contributed by atoms with van der Waals surface area (Å²) in [6.07, 6.45) is 10.5. The molecule has 5 nitrogen and oxygen atoms in total. The molecule has 3 N–H and O–H groups in total. The van der Waals surface area contributed by atoms with Gasteiger partial charge in [-0.15, -0.1) is 24.0 Å². The van der Waals surface area contributed by atoms with E-state index in [2.05, 4.69) is 53.8 Å². The van der Waals surface area contributed by atoms with E-state index >= 15 is 0 Å². The highest BCUT2D eigenvalue weighted by molar-refractivity contribution is 14.0. The molecule has 0 unspecified atom stereocenters. The van der Waals surface area contributed by atoms with Gasteiger partial charge in [-0.1, -0.05) is 43.5 Å². The van der Waals surface area contributed by atoms with E-state index in [1.54, 1.807) is 0 Å². The van der Waals surface area contributed by atoms with Crippen LogP contribution in [0.25, 0.3) is 0 Å². The Morgan fingerprint density at radius 1 is 1.03 bits per heavy atom. The number of benzene rings is 1. The van der Waals surface area contributed by atoms with Gasteiger partial charge in [0, 0.05) is 25.2 Å². The van der Waals surface area contributed by atoms with E-state index in [-0.39, 0.29) is 30.1 Å². The van der Waals surface area contributed by atoms with Crippen molar-refractivity contribution in [1.82, 2.24) is 15.5 Å². The van der Waals surface area contributed by atoms with Gasteiger partial charge in [-0.05, 0) is 63.6 Å². The molecule has 0 aromatic heterocycles. The van der Waals surface area contributed by atoms with Crippen LogP contribution in [0.15, 0.2) is 29.3 Å². The van der Waals surface area contributed by atoms with Crippen LogP contribution in [0, 0.1) is 0 Å². The van der Waals surface area contributed by atoms with Crippen LogP contribution < -0.4 is 10.6 Å². The summed E-state index contributed by atoms with van der Waals surface area (Å²) in [6, 6.07) is 9.87. The third-order valence-corrected chi connectivity index (χ3v) is 6.53. The number of nitrogens with zero attached hydrogens (tertiary/aromatic N) is 2. The zero-order valence-corrected chi connectivity index (χ0v) is 21.1. The van der Waals surface area contributed by atoms with Crippen LogP contribution in [0.5, 0.6) is 0 Å². The third kappa shape index (κ3) is 8.00. The minimum absolute atomic E-state index is 0. The Hall–Kier alpha value is -0.860. The summed E-state index contributed by atoms with van der Waals surface area (Å²) in [4.78, 5) is 7.43. The van der Waals surface area contributed by atoms with Crippen molar-refractivity contribution in [1.29, 1.82) is 0 Å². The van der Waals surface area contributed by atoms with Crippen molar-refractivity contribution in [3.8, 4) is 0 Å². The smallest absolute Gasteiger partial charge is 0.191 e. The van der Waals surface area contributed by atoms with Crippen molar-refractivity contribution in [2.24, 2.45) is 4.99 Å². The predicted molar refractivity (Wildman–Crippen MR) is 136 cm³/mol. The maximum Gasteiger partial charge on any atom is 0.191 e. The van der Waals surface area contributed by atoms with E-state index in [0.29, 0.717) is 12.6 Å². The molecule has 2 aliphatic carbocycles. The Balaban J connectivity index is 0.00000320. The number of halogens is 1. The first-order valence-electron chi connectivity index (χ1n) is 11.7. The van der Waals surface area contributed by atoms with Gasteiger partial charge in [-0.3, -0.25) is 4.90 Å². The fourth-order valence-corrected chi connectivity index (χ4v) is 4.68. The highest BCUT2D eigenvalue weighted by Crippen LogP contribution is 2.24. The highest BCUT2D eigenvalue weighted by Gasteiger charge is 2.20. The van der Waals surface area contributed by atoms with Crippen molar-refractivity contribution in [3.63, 3.8) is 0 Å². The van der Waals surface area contributed by atoms with Crippen LogP contribution >= 0.6 is 24.0 Å². The van der Waals surface area contributed by atoms with Crippen molar-refractivity contribution >= 4 is 29.9 Å². The molecule has 2 saturated carbocycles. The molecule has 1 aromatic carbocycles. The Morgan fingerprint density at radius 3 is 2.37 bits per heavy atom.